The van der Waals surface area contributed by atoms with Crippen LogP contribution in [0.25, 0.3) is 0 Å². The third kappa shape index (κ3) is 8.92. The van der Waals surface area contributed by atoms with Gasteiger partial charge < -0.3 is 20.3 Å². The minimum absolute atomic E-state index is 0.224. The Morgan fingerprint density at radius 2 is 1.54 bits per heavy atom. The van der Waals surface area contributed by atoms with E-state index in [-0.39, 0.29) is 23.8 Å². The molecular formula is C30H43N3O4. The molecule has 0 heterocycles. The van der Waals surface area contributed by atoms with Gasteiger partial charge >= 0.3 is 6.09 Å². The SMILES string of the molecule is CCC(C)N(C(=O)C(NC(=O)OC(C)(C)C)C(C)C)C(C(=O)NCc1ccccc1)c1ccc(C)cc1. The van der Waals surface area contributed by atoms with Gasteiger partial charge in [0.1, 0.15) is 17.7 Å². The summed E-state index contributed by atoms with van der Waals surface area (Å²) in [7, 11) is 0. The largest absolute Gasteiger partial charge is 0.444 e. The molecule has 0 saturated carbocycles. The van der Waals surface area contributed by atoms with Crippen LogP contribution in [0.1, 0.15) is 77.6 Å². The minimum atomic E-state index is -0.867. The van der Waals surface area contributed by atoms with Gasteiger partial charge in [-0.2, -0.15) is 0 Å². The van der Waals surface area contributed by atoms with Gasteiger partial charge in [-0.15, -0.1) is 0 Å². The highest BCUT2D eigenvalue weighted by Crippen LogP contribution is 2.28. The summed E-state index contributed by atoms with van der Waals surface area (Å²) in [6.45, 7) is 15.3. The van der Waals surface area contributed by atoms with Crippen LogP contribution < -0.4 is 10.6 Å². The third-order valence-corrected chi connectivity index (χ3v) is 6.15. The van der Waals surface area contributed by atoms with Gasteiger partial charge in [0, 0.05) is 12.6 Å². The summed E-state index contributed by atoms with van der Waals surface area (Å²) in [6, 6.07) is 15.3. The molecule has 202 valence electrons. The van der Waals surface area contributed by atoms with E-state index in [4.69, 9.17) is 4.74 Å². The average molecular weight is 510 g/mol. The topological polar surface area (TPSA) is 87.7 Å². The Morgan fingerprint density at radius 3 is 2.05 bits per heavy atom. The molecule has 37 heavy (non-hydrogen) atoms. The molecular weight excluding hydrogens is 466 g/mol. The summed E-state index contributed by atoms with van der Waals surface area (Å²) in [4.78, 5) is 42.1. The number of rotatable bonds is 10. The molecule has 0 saturated heterocycles. The van der Waals surface area contributed by atoms with Crippen LogP contribution in [0, 0.1) is 12.8 Å². The molecule has 0 aromatic heterocycles. The van der Waals surface area contributed by atoms with Crippen molar-refractivity contribution < 1.29 is 19.1 Å². The number of benzene rings is 2. The quantitative estimate of drug-likeness (QED) is 0.441. The number of alkyl carbamates (subject to hydrolysis) is 1. The maximum absolute atomic E-state index is 14.1. The van der Waals surface area contributed by atoms with Crippen LogP contribution in [0.4, 0.5) is 4.79 Å². The average Bonchev–Trinajstić information content (AvgIpc) is 2.83. The summed E-state index contributed by atoms with van der Waals surface area (Å²) < 4.78 is 5.43. The molecule has 3 atom stereocenters. The van der Waals surface area contributed by atoms with Gasteiger partial charge in [-0.05, 0) is 58.1 Å². The Hall–Kier alpha value is -3.35. The highest BCUT2D eigenvalue weighted by atomic mass is 16.6. The normalized spacial score (nSPS) is 13.9. The number of ether oxygens (including phenoxy) is 1. The molecule has 2 aromatic carbocycles. The fourth-order valence-electron chi connectivity index (χ4n) is 3.97. The van der Waals surface area contributed by atoms with E-state index in [1.165, 1.54) is 0 Å². The number of amides is 3. The van der Waals surface area contributed by atoms with E-state index in [9.17, 15) is 14.4 Å². The molecule has 0 radical (unpaired) electrons. The van der Waals surface area contributed by atoms with Gasteiger partial charge in [0.15, 0.2) is 0 Å². The molecule has 2 rings (SSSR count). The Balaban J connectivity index is 2.46. The first-order valence-corrected chi connectivity index (χ1v) is 13.0. The van der Waals surface area contributed by atoms with Crippen molar-refractivity contribution in [3.8, 4) is 0 Å². The van der Waals surface area contributed by atoms with Crippen LogP contribution in [-0.4, -0.2) is 40.5 Å². The smallest absolute Gasteiger partial charge is 0.408 e. The minimum Gasteiger partial charge on any atom is -0.444 e. The van der Waals surface area contributed by atoms with E-state index in [2.05, 4.69) is 10.6 Å². The van der Waals surface area contributed by atoms with Gasteiger partial charge in [0.25, 0.3) is 0 Å². The lowest BCUT2D eigenvalue weighted by Crippen LogP contribution is -2.57. The number of hydrogen-bond acceptors (Lipinski definition) is 4. The molecule has 0 aliphatic heterocycles. The lowest BCUT2D eigenvalue weighted by molar-refractivity contribution is -0.146. The second kappa shape index (κ2) is 13.3. The van der Waals surface area contributed by atoms with Gasteiger partial charge in [-0.1, -0.05) is 80.9 Å². The molecule has 3 amide bonds. The molecule has 3 unspecified atom stereocenters. The van der Waals surface area contributed by atoms with Crippen LogP contribution in [-0.2, 0) is 20.9 Å². The summed E-state index contributed by atoms with van der Waals surface area (Å²) in [5, 5.41) is 5.78. The fraction of sp³-hybridized carbons (Fsp3) is 0.500. The van der Waals surface area contributed by atoms with E-state index in [1.807, 2.05) is 89.2 Å². The van der Waals surface area contributed by atoms with Gasteiger partial charge in [0.05, 0.1) is 0 Å². The van der Waals surface area contributed by atoms with Crippen molar-refractivity contribution in [3.63, 3.8) is 0 Å². The number of nitrogens with zero attached hydrogens (tertiary/aromatic N) is 1. The third-order valence-electron chi connectivity index (χ3n) is 6.15. The van der Waals surface area contributed by atoms with E-state index >= 15 is 0 Å². The highest BCUT2D eigenvalue weighted by Gasteiger charge is 2.39. The van der Waals surface area contributed by atoms with Crippen molar-refractivity contribution in [2.24, 2.45) is 5.92 Å². The first-order valence-electron chi connectivity index (χ1n) is 13.0. The standard InChI is InChI=1S/C30H43N3O4/c1-9-22(5)33(28(35)25(20(2)3)32-29(36)37-30(6,7)8)26(24-17-15-21(4)16-18-24)27(34)31-19-23-13-11-10-12-14-23/h10-18,20,22,25-26H,9,19H2,1-8H3,(H,31,34)(H,32,36). The first-order chi connectivity index (χ1) is 17.3. The van der Waals surface area contributed by atoms with Gasteiger partial charge in [-0.3, -0.25) is 9.59 Å². The van der Waals surface area contributed by atoms with Crippen LogP contribution in [0.2, 0.25) is 0 Å². The molecule has 0 aliphatic rings. The van der Waals surface area contributed by atoms with Crippen LogP contribution in [0.3, 0.4) is 0 Å². The van der Waals surface area contributed by atoms with Crippen molar-refractivity contribution in [1.29, 1.82) is 0 Å². The second-order valence-corrected chi connectivity index (χ2v) is 10.9. The maximum atomic E-state index is 14.1. The molecule has 0 bridgehead atoms. The predicted octanol–water partition coefficient (Wildman–Crippen LogP) is 5.53. The molecule has 0 spiro atoms. The van der Waals surface area contributed by atoms with Crippen molar-refractivity contribution in [2.75, 3.05) is 0 Å². The molecule has 7 heteroatoms. The summed E-state index contributed by atoms with van der Waals surface area (Å²) in [5.41, 5.74) is 2.03. The van der Waals surface area contributed by atoms with E-state index < -0.39 is 23.8 Å². The highest BCUT2D eigenvalue weighted by molar-refractivity contribution is 5.92. The van der Waals surface area contributed by atoms with Crippen molar-refractivity contribution in [1.82, 2.24) is 15.5 Å². The van der Waals surface area contributed by atoms with E-state index in [0.717, 1.165) is 11.1 Å². The summed E-state index contributed by atoms with van der Waals surface area (Å²) in [5.74, 6) is -0.825. The summed E-state index contributed by atoms with van der Waals surface area (Å²) >= 11 is 0. The lowest BCUT2D eigenvalue weighted by Gasteiger charge is -2.39. The van der Waals surface area contributed by atoms with Crippen molar-refractivity contribution in [3.05, 3.63) is 71.3 Å². The predicted molar refractivity (Wildman–Crippen MR) is 147 cm³/mol. The van der Waals surface area contributed by atoms with Crippen molar-refractivity contribution >= 4 is 17.9 Å². The van der Waals surface area contributed by atoms with Crippen LogP contribution in [0.15, 0.2) is 54.6 Å². The zero-order valence-electron chi connectivity index (χ0n) is 23.5. The maximum Gasteiger partial charge on any atom is 0.408 e. The fourth-order valence-corrected chi connectivity index (χ4v) is 3.97. The van der Waals surface area contributed by atoms with Crippen LogP contribution in [0.5, 0.6) is 0 Å². The Labute approximate surface area is 222 Å². The van der Waals surface area contributed by atoms with E-state index in [0.29, 0.717) is 18.5 Å². The zero-order chi connectivity index (χ0) is 27.8. The van der Waals surface area contributed by atoms with Gasteiger partial charge in [0.2, 0.25) is 11.8 Å². The number of aryl methyl sites for hydroxylation is 1. The molecule has 0 fully saturated rings. The first kappa shape index (κ1) is 29.9. The molecule has 0 aliphatic carbocycles. The Kier molecular flexibility index (Phi) is 10.7. The zero-order valence-corrected chi connectivity index (χ0v) is 23.5. The Bertz CT molecular complexity index is 1030. The molecule has 2 N–H and O–H groups in total. The Morgan fingerprint density at radius 1 is 0.946 bits per heavy atom. The summed E-state index contributed by atoms with van der Waals surface area (Å²) in [6.07, 6.45) is -0.0267. The number of hydrogen-bond donors (Lipinski definition) is 2. The monoisotopic (exact) mass is 509 g/mol. The molecule has 7 nitrogen and oxygen atoms in total. The number of carbonyl (C=O) groups is 3. The van der Waals surface area contributed by atoms with E-state index in [1.54, 1.807) is 25.7 Å². The van der Waals surface area contributed by atoms with Crippen molar-refractivity contribution in [2.45, 2.75) is 92.1 Å². The van der Waals surface area contributed by atoms with Crippen LogP contribution >= 0.6 is 0 Å². The number of nitrogens with one attached hydrogen (secondary N) is 2. The lowest BCUT2D eigenvalue weighted by atomic mass is 9.96. The number of carbonyl (C=O) groups excluding carboxylic acids is 3. The molecule has 2 aromatic rings. The van der Waals surface area contributed by atoms with Gasteiger partial charge in [-0.25, -0.2) is 4.79 Å². The second-order valence-electron chi connectivity index (χ2n) is 10.9.